The van der Waals surface area contributed by atoms with Crippen LogP contribution in [0.4, 0.5) is 10.5 Å². The Morgan fingerprint density at radius 3 is 2.63 bits per heavy atom. The van der Waals surface area contributed by atoms with E-state index in [2.05, 4.69) is 10.6 Å². The minimum absolute atomic E-state index is 0.0369. The second-order valence-corrected chi connectivity index (χ2v) is 4.32. The monoisotopic (exact) mass is 266 g/mol. The number of carbonyl (C=O) groups excluding carboxylic acids is 1. The Kier molecular flexibility index (Phi) is 6.74. The number of ether oxygens (including phenoxy) is 1. The minimum atomic E-state index is -0.241. The lowest BCUT2D eigenvalue weighted by atomic mass is 10.2. The number of urea groups is 1. The van der Waals surface area contributed by atoms with Gasteiger partial charge in [-0.25, -0.2) is 4.79 Å². The van der Waals surface area contributed by atoms with E-state index in [0.29, 0.717) is 13.0 Å². The normalized spacial score (nSPS) is 11.7. The van der Waals surface area contributed by atoms with E-state index in [1.807, 2.05) is 26.0 Å². The summed E-state index contributed by atoms with van der Waals surface area (Å²) in [5, 5.41) is 14.3. The Bertz CT molecular complexity index is 379. The van der Waals surface area contributed by atoms with Crippen LogP contribution in [0.25, 0.3) is 0 Å². The molecular formula is C14H22N2O3. The predicted octanol–water partition coefficient (Wildman–Crippen LogP) is 2.37. The molecule has 3 N–H and O–H groups in total. The first kappa shape index (κ1) is 15.3. The second-order valence-electron chi connectivity index (χ2n) is 4.32. The zero-order valence-electron chi connectivity index (χ0n) is 11.5. The molecular weight excluding hydrogens is 244 g/mol. The van der Waals surface area contributed by atoms with Gasteiger partial charge in [-0.1, -0.05) is 0 Å². The van der Waals surface area contributed by atoms with Gasteiger partial charge >= 0.3 is 6.03 Å². The number of rotatable bonds is 7. The highest BCUT2D eigenvalue weighted by Crippen LogP contribution is 2.15. The van der Waals surface area contributed by atoms with E-state index in [0.717, 1.165) is 17.9 Å². The van der Waals surface area contributed by atoms with Crippen LogP contribution in [0, 0.1) is 0 Å². The number of nitrogens with one attached hydrogen (secondary N) is 2. The average molecular weight is 266 g/mol. The summed E-state index contributed by atoms with van der Waals surface area (Å²) in [6, 6.07) is 7.01. The predicted molar refractivity (Wildman–Crippen MR) is 75.5 cm³/mol. The number of benzene rings is 1. The molecule has 0 aromatic heterocycles. The molecule has 0 fully saturated rings. The highest BCUT2D eigenvalue weighted by molar-refractivity contribution is 5.89. The van der Waals surface area contributed by atoms with Gasteiger partial charge in [-0.2, -0.15) is 0 Å². The molecule has 5 nitrogen and oxygen atoms in total. The van der Waals surface area contributed by atoms with Crippen molar-refractivity contribution < 1.29 is 14.6 Å². The van der Waals surface area contributed by atoms with Crippen molar-refractivity contribution in [2.45, 2.75) is 32.7 Å². The van der Waals surface area contributed by atoms with E-state index >= 15 is 0 Å². The summed E-state index contributed by atoms with van der Waals surface area (Å²) < 4.78 is 5.32. The lowest BCUT2D eigenvalue weighted by Crippen LogP contribution is -2.36. The number of aliphatic hydroxyl groups excluding tert-OH is 1. The van der Waals surface area contributed by atoms with Gasteiger partial charge in [0, 0.05) is 18.3 Å². The average Bonchev–Trinajstić information content (AvgIpc) is 2.39. The maximum atomic E-state index is 11.7. The van der Waals surface area contributed by atoms with E-state index < -0.39 is 0 Å². The lowest BCUT2D eigenvalue weighted by Gasteiger charge is -2.14. The van der Waals surface area contributed by atoms with Crippen LogP contribution in [0.1, 0.15) is 26.7 Å². The molecule has 1 unspecified atom stereocenters. The molecule has 0 aliphatic heterocycles. The van der Waals surface area contributed by atoms with Crippen LogP contribution in [0.2, 0.25) is 0 Å². The molecule has 1 rings (SSSR count). The van der Waals surface area contributed by atoms with E-state index in [9.17, 15) is 4.79 Å². The summed E-state index contributed by atoms with van der Waals surface area (Å²) in [4.78, 5) is 11.7. The summed E-state index contributed by atoms with van der Waals surface area (Å²) in [5.41, 5.74) is 0.718. The maximum absolute atomic E-state index is 11.7. The fraction of sp³-hybridized carbons (Fsp3) is 0.500. The zero-order chi connectivity index (χ0) is 14.1. The molecule has 106 valence electrons. The Labute approximate surface area is 114 Å². The van der Waals surface area contributed by atoms with E-state index in [1.54, 1.807) is 12.1 Å². The SMILES string of the molecule is CCOc1ccc(NC(=O)NC(C)CCCO)cc1. The van der Waals surface area contributed by atoms with Crippen molar-refractivity contribution in [2.24, 2.45) is 0 Å². The zero-order valence-corrected chi connectivity index (χ0v) is 11.5. The first-order chi connectivity index (χ1) is 9.15. The molecule has 0 bridgehead atoms. The van der Waals surface area contributed by atoms with Crippen molar-refractivity contribution >= 4 is 11.7 Å². The third kappa shape index (κ3) is 6.10. The van der Waals surface area contributed by atoms with Gasteiger partial charge in [0.15, 0.2) is 0 Å². The van der Waals surface area contributed by atoms with Crippen LogP contribution in [0.3, 0.4) is 0 Å². The van der Waals surface area contributed by atoms with E-state index in [-0.39, 0.29) is 18.7 Å². The van der Waals surface area contributed by atoms with Gasteiger partial charge < -0.3 is 20.5 Å². The molecule has 0 heterocycles. The van der Waals surface area contributed by atoms with Crippen LogP contribution in [0.5, 0.6) is 5.75 Å². The quantitative estimate of drug-likeness (QED) is 0.709. The van der Waals surface area contributed by atoms with E-state index in [4.69, 9.17) is 9.84 Å². The van der Waals surface area contributed by atoms with Gasteiger partial charge in [0.1, 0.15) is 5.75 Å². The molecule has 1 atom stereocenters. The van der Waals surface area contributed by atoms with Crippen LogP contribution in [-0.2, 0) is 0 Å². The van der Waals surface area contributed by atoms with Crippen molar-refractivity contribution in [1.29, 1.82) is 0 Å². The maximum Gasteiger partial charge on any atom is 0.319 e. The molecule has 0 saturated carbocycles. The van der Waals surface area contributed by atoms with Crippen molar-refractivity contribution in [1.82, 2.24) is 5.32 Å². The molecule has 0 saturated heterocycles. The third-order valence-corrected chi connectivity index (χ3v) is 2.60. The van der Waals surface area contributed by atoms with Crippen LogP contribution in [-0.4, -0.2) is 30.4 Å². The highest BCUT2D eigenvalue weighted by atomic mass is 16.5. The first-order valence-electron chi connectivity index (χ1n) is 6.57. The third-order valence-electron chi connectivity index (χ3n) is 2.60. The molecule has 0 spiro atoms. The molecule has 19 heavy (non-hydrogen) atoms. The molecule has 1 aromatic rings. The van der Waals surface area contributed by atoms with Gasteiger partial charge in [-0.3, -0.25) is 0 Å². The standard InChI is InChI=1S/C14H22N2O3/c1-3-19-13-8-6-12(7-9-13)16-14(18)15-11(2)5-4-10-17/h6-9,11,17H,3-5,10H2,1-2H3,(H2,15,16,18). The summed E-state index contributed by atoms with van der Waals surface area (Å²) >= 11 is 0. The fourth-order valence-electron chi connectivity index (χ4n) is 1.66. The smallest absolute Gasteiger partial charge is 0.319 e. The van der Waals surface area contributed by atoms with Crippen LogP contribution < -0.4 is 15.4 Å². The van der Waals surface area contributed by atoms with Gasteiger partial charge in [-0.15, -0.1) is 0 Å². The Morgan fingerprint density at radius 1 is 1.37 bits per heavy atom. The number of carbonyl (C=O) groups is 1. The molecule has 2 amide bonds. The number of anilines is 1. The lowest BCUT2D eigenvalue weighted by molar-refractivity contribution is 0.245. The van der Waals surface area contributed by atoms with Gasteiger partial charge in [-0.05, 0) is 51.0 Å². The van der Waals surface area contributed by atoms with Crippen molar-refractivity contribution in [3.05, 3.63) is 24.3 Å². The van der Waals surface area contributed by atoms with Gasteiger partial charge in [0.25, 0.3) is 0 Å². The molecule has 5 heteroatoms. The Morgan fingerprint density at radius 2 is 2.05 bits per heavy atom. The largest absolute Gasteiger partial charge is 0.494 e. The van der Waals surface area contributed by atoms with E-state index in [1.165, 1.54) is 0 Å². The van der Waals surface area contributed by atoms with Gasteiger partial charge in [0.2, 0.25) is 0 Å². The molecule has 0 aliphatic carbocycles. The first-order valence-corrected chi connectivity index (χ1v) is 6.57. The highest BCUT2D eigenvalue weighted by Gasteiger charge is 2.06. The van der Waals surface area contributed by atoms with Crippen molar-refractivity contribution in [3.63, 3.8) is 0 Å². The van der Waals surface area contributed by atoms with Crippen LogP contribution in [0.15, 0.2) is 24.3 Å². The number of hydrogen-bond acceptors (Lipinski definition) is 3. The minimum Gasteiger partial charge on any atom is -0.494 e. The fourth-order valence-corrected chi connectivity index (χ4v) is 1.66. The Hall–Kier alpha value is -1.75. The molecule has 0 radical (unpaired) electrons. The summed E-state index contributed by atoms with van der Waals surface area (Å²) in [7, 11) is 0. The summed E-state index contributed by atoms with van der Waals surface area (Å²) in [5.74, 6) is 0.782. The number of aliphatic hydroxyl groups is 1. The summed E-state index contributed by atoms with van der Waals surface area (Å²) in [6.45, 7) is 4.60. The molecule has 0 aliphatic rings. The molecule has 1 aromatic carbocycles. The topological polar surface area (TPSA) is 70.6 Å². The van der Waals surface area contributed by atoms with Crippen molar-refractivity contribution in [3.8, 4) is 5.75 Å². The number of amides is 2. The second kappa shape index (κ2) is 8.37. The Balaban J connectivity index is 2.39. The van der Waals surface area contributed by atoms with Crippen LogP contribution >= 0.6 is 0 Å². The summed E-state index contributed by atoms with van der Waals surface area (Å²) in [6.07, 6.45) is 1.44. The number of hydrogen-bond donors (Lipinski definition) is 3. The van der Waals surface area contributed by atoms with Gasteiger partial charge in [0.05, 0.1) is 6.61 Å². The van der Waals surface area contributed by atoms with Crippen molar-refractivity contribution in [2.75, 3.05) is 18.5 Å².